The third kappa shape index (κ3) is 3.85. The normalized spacial score (nSPS) is 17.7. The maximum Gasteiger partial charge on any atom is 0.282 e. The first-order valence-corrected chi connectivity index (χ1v) is 11.0. The number of amides is 2. The molecule has 2 amide bonds. The Morgan fingerprint density at radius 2 is 1.52 bits per heavy atom. The SMILES string of the molecule is Cc1ccc(C2=C(N3CCC(C)CC3)C(=O)N(c3ccc(N(C)C)cc3)C2=O)cc1C. The van der Waals surface area contributed by atoms with E-state index in [4.69, 9.17) is 0 Å². The minimum absolute atomic E-state index is 0.217. The fourth-order valence-corrected chi connectivity index (χ4v) is 4.34. The van der Waals surface area contributed by atoms with Gasteiger partial charge in [-0.15, -0.1) is 0 Å². The molecular weight excluding hydrogens is 386 g/mol. The molecular formula is C26H31N3O2. The van der Waals surface area contributed by atoms with Gasteiger partial charge in [0.25, 0.3) is 11.8 Å². The highest BCUT2D eigenvalue weighted by molar-refractivity contribution is 6.45. The highest BCUT2D eigenvalue weighted by atomic mass is 16.2. The lowest BCUT2D eigenvalue weighted by Gasteiger charge is -2.32. The van der Waals surface area contributed by atoms with E-state index in [0.717, 1.165) is 42.7 Å². The summed E-state index contributed by atoms with van der Waals surface area (Å²) >= 11 is 0. The van der Waals surface area contributed by atoms with Crippen molar-refractivity contribution < 1.29 is 9.59 Å². The number of hydrogen-bond acceptors (Lipinski definition) is 4. The van der Waals surface area contributed by atoms with Gasteiger partial charge in [-0.1, -0.05) is 25.1 Å². The van der Waals surface area contributed by atoms with Crippen LogP contribution in [0.1, 0.15) is 36.5 Å². The van der Waals surface area contributed by atoms with E-state index in [0.29, 0.717) is 22.9 Å². The molecule has 5 nitrogen and oxygen atoms in total. The molecule has 0 atom stereocenters. The second-order valence-electron chi connectivity index (χ2n) is 9.05. The Hall–Kier alpha value is -3.08. The largest absolute Gasteiger partial charge is 0.378 e. The summed E-state index contributed by atoms with van der Waals surface area (Å²) in [7, 11) is 3.94. The van der Waals surface area contributed by atoms with Crippen LogP contribution in [0.2, 0.25) is 0 Å². The van der Waals surface area contributed by atoms with Crippen LogP contribution < -0.4 is 9.80 Å². The van der Waals surface area contributed by atoms with Crippen LogP contribution in [-0.4, -0.2) is 43.9 Å². The van der Waals surface area contributed by atoms with Crippen molar-refractivity contribution in [1.82, 2.24) is 4.90 Å². The number of anilines is 2. The van der Waals surface area contributed by atoms with E-state index < -0.39 is 0 Å². The van der Waals surface area contributed by atoms with Crippen molar-refractivity contribution in [1.29, 1.82) is 0 Å². The fourth-order valence-electron chi connectivity index (χ4n) is 4.34. The van der Waals surface area contributed by atoms with E-state index in [9.17, 15) is 9.59 Å². The molecule has 2 heterocycles. The highest BCUT2D eigenvalue weighted by Gasteiger charge is 2.43. The van der Waals surface area contributed by atoms with Gasteiger partial charge < -0.3 is 9.80 Å². The van der Waals surface area contributed by atoms with E-state index >= 15 is 0 Å². The van der Waals surface area contributed by atoms with Crippen molar-refractivity contribution in [2.45, 2.75) is 33.6 Å². The number of benzene rings is 2. The first kappa shape index (κ1) is 21.2. The van der Waals surface area contributed by atoms with Crippen LogP contribution in [-0.2, 0) is 9.59 Å². The number of carbonyl (C=O) groups excluding carboxylic acids is 2. The Kier molecular flexibility index (Phi) is 5.61. The highest BCUT2D eigenvalue weighted by Crippen LogP contribution is 2.37. The molecule has 0 bridgehead atoms. The van der Waals surface area contributed by atoms with E-state index in [1.165, 1.54) is 10.5 Å². The summed E-state index contributed by atoms with van der Waals surface area (Å²) in [5.41, 5.74) is 5.83. The molecule has 0 spiro atoms. The van der Waals surface area contributed by atoms with Crippen molar-refractivity contribution in [3.63, 3.8) is 0 Å². The molecule has 2 aliphatic heterocycles. The number of rotatable bonds is 4. The summed E-state index contributed by atoms with van der Waals surface area (Å²) in [5.74, 6) is 0.189. The smallest absolute Gasteiger partial charge is 0.282 e. The Bertz CT molecular complexity index is 1040. The summed E-state index contributed by atoms with van der Waals surface area (Å²) in [6.07, 6.45) is 2.06. The Labute approximate surface area is 184 Å². The minimum Gasteiger partial charge on any atom is -0.378 e. The molecule has 162 valence electrons. The van der Waals surface area contributed by atoms with Crippen LogP contribution in [0.3, 0.4) is 0 Å². The van der Waals surface area contributed by atoms with Gasteiger partial charge in [-0.2, -0.15) is 0 Å². The molecule has 2 aromatic rings. The van der Waals surface area contributed by atoms with Crippen molar-refractivity contribution in [2.75, 3.05) is 37.0 Å². The number of aryl methyl sites for hydroxylation is 2. The minimum atomic E-state index is -0.237. The van der Waals surface area contributed by atoms with Crippen LogP contribution in [0.5, 0.6) is 0 Å². The molecule has 0 aliphatic carbocycles. The third-order valence-electron chi connectivity index (χ3n) is 6.58. The first-order valence-electron chi connectivity index (χ1n) is 11.0. The van der Waals surface area contributed by atoms with Gasteiger partial charge >= 0.3 is 0 Å². The van der Waals surface area contributed by atoms with Crippen molar-refractivity contribution in [2.24, 2.45) is 5.92 Å². The number of carbonyl (C=O) groups is 2. The van der Waals surface area contributed by atoms with Crippen LogP contribution in [0.15, 0.2) is 48.2 Å². The lowest BCUT2D eigenvalue weighted by Crippen LogP contribution is -2.38. The zero-order valence-corrected chi connectivity index (χ0v) is 19.1. The molecule has 4 rings (SSSR count). The van der Waals surface area contributed by atoms with Gasteiger partial charge in [-0.25, -0.2) is 4.90 Å². The molecule has 0 saturated carbocycles. The molecule has 1 saturated heterocycles. The van der Waals surface area contributed by atoms with Gasteiger partial charge in [0.05, 0.1) is 11.3 Å². The molecule has 31 heavy (non-hydrogen) atoms. The van der Waals surface area contributed by atoms with Crippen LogP contribution in [0.4, 0.5) is 11.4 Å². The summed E-state index contributed by atoms with van der Waals surface area (Å²) in [4.78, 5) is 32.8. The Balaban J connectivity index is 1.79. The van der Waals surface area contributed by atoms with E-state index in [1.54, 1.807) is 0 Å². The third-order valence-corrected chi connectivity index (χ3v) is 6.58. The van der Waals surface area contributed by atoms with Crippen LogP contribution >= 0.6 is 0 Å². The topological polar surface area (TPSA) is 43.9 Å². The molecule has 0 N–H and O–H groups in total. The van der Waals surface area contributed by atoms with Crippen molar-refractivity contribution in [3.8, 4) is 0 Å². The number of piperidine rings is 1. The summed E-state index contributed by atoms with van der Waals surface area (Å²) in [6, 6.07) is 13.6. The number of hydrogen-bond donors (Lipinski definition) is 0. The fraction of sp³-hybridized carbons (Fsp3) is 0.385. The number of likely N-dealkylation sites (tertiary alicyclic amines) is 1. The van der Waals surface area contributed by atoms with E-state index in [1.807, 2.05) is 68.4 Å². The summed E-state index contributed by atoms with van der Waals surface area (Å²) < 4.78 is 0. The zero-order chi connectivity index (χ0) is 22.3. The molecule has 5 heteroatoms. The molecule has 2 aromatic carbocycles. The summed E-state index contributed by atoms with van der Waals surface area (Å²) in [5, 5.41) is 0. The molecule has 2 aliphatic rings. The lowest BCUT2D eigenvalue weighted by molar-refractivity contribution is -0.120. The first-order chi connectivity index (χ1) is 14.8. The van der Waals surface area contributed by atoms with E-state index in [-0.39, 0.29) is 11.8 Å². The number of imide groups is 1. The number of nitrogens with zero attached hydrogens (tertiary/aromatic N) is 3. The second kappa shape index (κ2) is 8.22. The molecule has 0 radical (unpaired) electrons. The van der Waals surface area contributed by atoms with Gasteiger partial charge in [-0.3, -0.25) is 9.59 Å². The predicted molar refractivity (Wildman–Crippen MR) is 126 cm³/mol. The second-order valence-corrected chi connectivity index (χ2v) is 9.05. The summed E-state index contributed by atoms with van der Waals surface area (Å²) in [6.45, 7) is 7.95. The van der Waals surface area contributed by atoms with Crippen LogP contribution in [0.25, 0.3) is 5.57 Å². The maximum absolute atomic E-state index is 13.7. The van der Waals surface area contributed by atoms with E-state index in [2.05, 4.69) is 18.7 Å². The average Bonchev–Trinajstić information content (AvgIpc) is 3.01. The standard InChI is InChI=1S/C26H31N3O2/c1-17-12-14-28(15-13-17)24-23(20-7-6-18(2)19(3)16-20)25(30)29(26(24)31)22-10-8-21(9-11-22)27(4)5/h6-11,16-17H,12-15H2,1-5H3. The molecule has 1 fully saturated rings. The monoisotopic (exact) mass is 417 g/mol. The lowest BCUT2D eigenvalue weighted by atomic mass is 9.96. The quantitative estimate of drug-likeness (QED) is 0.693. The van der Waals surface area contributed by atoms with Gasteiger partial charge in [0.1, 0.15) is 5.70 Å². The zero-order valence-electron chi connectivity index (χ0n) is 19.1. The van der Waals surface area contributed by atoms with Gasteiger partial charge in [-0.05, 0) is 73.6 Å². The Morgan fingerprint density at radius 3 is 2.10 bits per heavy atom. The van der Waals surface area contributed by atoms with Crippen molar-refractivity contribution in [3.05, 3.63) is 64.9 Å². The predicted octanol–water partition coefficient (Wildman–Crippen LogP) is 4.39. The maximum atomic E-state index is 13.7. The van der Waals surface area contributed by atoms with Crippen LogP contribution in [0, 0.1) is 19.8 Å². The van der Waals surface area contributed by atoms with Gasteiger partial charge in [0, 0.05) is 32.9 Å². The molecule has 0 unspecified atom stereocenters. The Morgan fingerprint density at radius 1 is 0.871 bits per heavy atom. The van der Waals surface area contributed by atoms with Gasteiger partial charge in [0.15, 0.2) is 0 Å². The van der Waals surface area contributed by atoms with Gasteiger partial charge in [0.2, 0.25) is 0 Å². The van der Waals surface area contributed by atoms with Crippen molar-refractivity contribution >= 4 is 28.8 Å². The molecule has 0 aromatic heterocycles. The average molecular weight is 418 g/mol.